The van der Waals surface area contributed by atoms with Crippen LogP contribution in [0.15, 0.2) is 52.3 Å². The van der Waals surface area contributed by atoms with Crippen LogP contribution in [0, 0.1) is 27.2 Å². The number of carbonyl (C=O) groups is 1. The maximum absolute atomic E-state index is 12.9. The smallest absolute Gasteiger partial charge is 0.345 e. The Kier molecular flexibility index (Phi) is 6.75. The molecule has 0 aliphatic heterocycles. The molecule has 2 aromatic carbocycles. The normalized spacial score (nSPS) is 11.3. The minimum atomic E-state index is -0.857. The first kappa shape index (κ1) is 24.2. The molecule has 0 saturated carbocycles. The molecule has 10 nitrogen and oxygen atoms in total. The number of aryl methyl sites for hydroxylation is 1. The number of hydrogen-bond donors (Lipinski definition) is 0. The molecule has 3 rings (SSSR count). The number of esters is 1. The summed E-state index contributed by atoms with van der Waals surface area (Å²) in [5.41, 5.74) is -0.712. The van der Waals surface area contributed by atoms with Crippen LogP contribution >= 0.6 is 23.4 Å². The highest BCUT2D eigenvalue weighted by Crippen LogP contribution is 2.43. The van der Waals surface area contributed by atoms with Gasteiger partial charge in [-0.05, 0) is 45.9 Å². The van der Waals surface area contributed by atoms with Crippen molar-refractivity contribution in [3.05, 3.63) is 79.0 Å². The van der Waals surface area contributed by atoms with Gasteiger partial charge in [0, 0.05) is 12.1 Å². The average Bonchev–Trinajstić information content (AvgIpc) is 3.04. The quantitative estimate of drug-likeness (QED) is 0.241. The van der Waals surface area contributed by atoms with E-state index in [-0.39, 0.29) is 22.2 Å². The van der Waals surface area contributed by atoms with Gasteiger partial charge in [0.25, 0.3) is 11.4 Å². The molecule has 0 N–H and O–H groups in total. The lowest BCUT2D eigenvalue weighted by atomic mass is 10.1. The highest BCUT2D eigenvalue weighted by molar-refractivity contribution is 7.99. The number of ether oxygens (including phenoxy) is 1. The fraction of sp³-hybridized carbons (Fsp3) is 0.238. The molecule has 12 heteroatoms. The van der Waals surface area contributed by atoms with Gasteiger partial charge in [-0.1, -0.05) is 35.5 Å². The number of carbonyl (C=O) groups excluding carboxylic acids is 1. The van der Waals surface area contributed by atoms with Crippen molar-refractivity contribution in [2.24, 2.45) is 0 Å². The molecular formula is C21H19ClN4O6S. The number of nitro groups is 2. The highest BCUT2D eigenvalue weighted by atomic mass is 35.5. The van der Waals surface area contributed by atoms with Crippen molar-refractivity contribution >= 4 is 40.7 Å². The molecule has 0 spiro atoms. The topological polar surface area (TPSA) is 130 Å². The summed E-state index contributed by atoms with van der Waals surface area (Å²) in [4.78, 5) is 35.1. The van der Waals surface area contributed by atoms with Crippen LogP contribution in [0.2, 0.25) is 5.02 Å². The molecule has 1 heterocycles. The number of nitro benzene ring substituents is 2. The van der Waals surface area contributed by atoms with E-state index in [0.29, 0.717) is 15.5 Å². The first-order valence-corrected chi connectivity index (χ1v) is 10.8. The number of halogens is 1. The molecule has 0 bridgehead atoms. The van der Waals surface area contributed by atoms with Crippen LogP contribution in [0.5, 0.6) is 5.88 Å². The van der Waals surface area contributed by atoms with Crippen molar-refractivity contribution in [1.82, 2.24) is 9.78 Å². The summed E-state index contributed by atoms with van der Waals surface area (Å²) in [6.07, 6.45) is 0. The predicted octanol–water partition coefficient (Wildman–Crippen LogP) is 5.79. The zero-order valence-corrected chi connectivity index (χ0v) is 19.6. The van der Waals surface area contributed by atoms with Crippen LogP contribution < -0.4 is 4.74 Å². The molecule has 0 atom stereocenters. The lowest BCUT2D eigenvalue weighted by molar-refractivity contribution is -0.387. The molecule has 0 saturated heterocycles. The Hall–Kier alpha value is -3.44. The molecule has 0 fully saturated rings. The molecule has 0 aliphatic carbocycles. The largest absolute Gasteiger partial charge is 0.403 e. The van der Waals surface area contributed by atoms with E-state index >= 15 is 0 Å². The number of aromatic nitrogens is 2. The van der Waals surface area contributed by atoms with Gasteiger partial charge in [-0.2, -0.15) is 5.10 Å². The van der Waals surface area contributed by atoms with Crippen LogP contribution in [0.1, 0.15) is 36.8 Å². The van der Waals surface area contributed by atoms with Gasteiger partial charge in [0.15, 0.2) is 0 Å². The van der Waals surface area contributed by atoms with E-state index in [1.807, 2.05) is 20.8 Å². The summed E-state index contributed by atoms with van der Waals surface area (Å²) in [6, 6.07) is 9.78. The summed E-state index contributed by atoms with van der Waals surface area (Å²) in [5, 5.41) is 27.0. The lowest BCUT2D eigenvalue weighted by Gasteiger charge is -2.22. The second-order valence-electron chi connectivity index (χ2n) is 7.94. The SMILES string of the molecule is Cc1nn(C(C)(C)C)c(OC(=O)c2ccc(Cl)c([N+](=O)[O-])c2)c1Sc1ccccc1[N+](=O)[O-]. The summed E-state index contributed by atoms with van der Waals surface area (Å²) in [6.45, 7) is 7.25. The monoisotopic (exact) mass is 490 g/mol. The van der Waals surface area contributed by atoms with Gasteiger partial charge in [-0.25, -0.2) is 9.48 Å². The number of para-hydroxylation sites is 1. The molecule has 33 heavy (non-hydrogen) atoms. The van der Waals surface area contributed by atoms with Crippen molar-refractivity contribution in [2.75, 3.05) is 0 Å². The fourth-order valence-corrected chi connectivity index (χ4v) is 4.09. The molecule has 172 valence electrons. The number of benzene rings is 2. The van der Waals surface area contributed by atoms with Gasteiger partial charge >= 0.3 is 5.97 Å². The van der Waals surface area contributed by atoms with Crippen LogP contribution in [-0.2, 0) is 5.54 Å². The summed E-state index contributed by atoms with van der Waals surface area (Å²) in [7, 11) is 0. The van der Waals surface area contributed by atoms with E-state index in [0.717, 1.165) is 17.8 Å². The highest BCUT2D eigenvalue weighted by Gasteiger charge is 2.29. The average molecular weight is 491 g/mol. The second-order valence-corrected chi connectivity index (χ2v) is 9.40. The predicted molar refractivity (Wildman–Crippen MR) is 122 cm³/mol. The Morgan fingerprint density at radius 2 is 1.73 bits per heavy atom. The number of hydrogen-bond acceptors (Lipinski definition) is 8. The number of nitrogens with zero attached hydrogens (tertiary/aromatic N) is 4. The molecule has 1 aromatic heterocycles. The van der Waals surface area contributed by atoms with Gasteiger partial charge in [0.05, 0.1) is 36.4 Å². The summed E-state index contributed by atoms with van der Waals surface area (Å²) in [5.74, 6) is -0.782. The second kappa shape index (κ2) is 9.20. The molecule has 0 amide bonds. The maximum atomic E-state index is 12.9. The van der Waals surface area contributed by atoms with Crippen LogP contribution in [0.4, 0.5) is 11.4 Å². The Morgan fingerprint density at radius 1 is 1.09 bits per heavy atom. The van der Waals surface area contributed by atoms with Gasteiger partial charge in [-0.3, -0.25) is 20.2 Å². The Bertz CT molecular complexity index is 1270. The number of rotatable bonds is 6. The first-order valence-electron chi connectivity index (χ1n) is 9.57. The van der Waals surface area contributed by atoms with E-state index in [4.69, 9.17) is 16.3 Å². The van der Waals surface area contributed by atoms with Crippen LogP contribution in [0.25, 0.3) is 0 Å². The van der Waals surface area contributed by atoms with Gasteiger partial charge in [0.1, 0.15) is 5.02 Å². The molecule has 0 aliphatic rings. The Labute approximate surface area is 197 Å². The maximum Gasteiger partial charge on any atom is 0.345 e. The molecule has 3 aromatic rings. The third-order valence-electron chi connectivity index (χ3n) is 4.44. The zero-order chi connectivity index (χ0) is 24.5. The van der Waals surface area contributed by atoms with Crippen molar-refractivity contribution in [1.29, 1.82) is 0 Å². The van der Waals surface area contributed by atoms with E-state index in [1.54, 1.807) is 25.1 Å². The van der Waals surface area contributed by atoms with E-state index in [9.17, 15) is 25.0 Å². The first-order chi connectivity index (χ1) is 15.4. The zero-order valence-electron chi connectivity index (χ0n) is 18.1. The third-order valence-corrected chi connectivity index (χ3v) is 6.00. The summed E-state index contributed by atoms with van der Waals surface area (Å²) < 4.78 is 7.16. The van der Waals surface area contributed by atoms with E-state index in [1.165, 1.54) is 22.9 Å². The van der Waals surface area contributed by atoms with Crippen LogP contribution in [-0.4, -0.2) is 25.6 Å². The van der Waals surface area contributed by atoms with Crippen LogP contribution in [0.3, 0.4) is 0 Å². The van der Waals surface area contributed by atoms with E-state index in [2.05, 4.69) is 5.10 Å². The van der Waals surface area contributed by atoms with Gasteiger partial charge in [-0.15, -0.1) is 0 Å². The van der Waals surface area contributed by atoms with Crippen molar-refractivity contribution in [3.8, 4) is 5.88 Å². The van der Waals surface area contributed by atoms with Crippen molar-refractivity contribution in [2.45, 2.75) is 43.0 Å². The van der Waals surface area contributed by atoms with Crippen molar-refractivity contribution in [3.63, 3.8) is 0 Å². The fourth-order valence-electron chi connectivity index (χ4n) is 2.88. The standard InChI is InChI=1S/C21H19ClN4O6S/c1-12-18(33-17-8-6-5-7-15(17)25(28)29)19(24(23-12)21(2,3)4)32-20(27)13-9-10-14(22)16(11-13)26(30)31/h5-11H,1-4H3. The van der Waals surface area contributed by atoms with Gasteiger partial charge < -0.3 is 4.74 Å². The molecule has 0 radical (unpaired) electrons. The van der Waals surface area contributed by atoms with Crippen molar-refractivity contribution < 1.29 is 19.4 Å². The minimum absolute atomic E-state index is 0.0748. The Balaban J connectivity index is 2.08. The Morgan fingerprint density at radius 3 is 2.33 bits per heavy atom. The molecular weight excluding hydrogens is 472 g/mol. The molecule has 0 unspecified atom stereocenters. The third kappa shape index (κ3) is 5.15. The summed E-state index contributed by atoms with van der Waals surface area (Å²) >= 11 is 6.88. The van der Waals surface area contributed by atoms with Gasteiger partial charge in [0.2, 0.25) is 5.88 Å². The van der Waals surface area contributed by atoms with E-state index < -0.39 is 27.0 Å². The lowest BCUT2D eigenvalue weighted by Crippen LogP contribution is -2.25. The minimum Gasteiger partial charge on any atom is -0.403 e.